The molecule has 4 aromatic rings. The lowest BCUT2D eigenvalue weighted by Crippen LogP contribution is -2.48. The van der Waals surface area contributed by atoms with Gasteiger partial charge in [-0.15, -0.1) is 0 Å². The van der Waals surface area contributed by atoms with Gasteiger partial charge >= 0.3 is 0 Å². The Morgan fingerprint density at radius 2 is 1.94 bits per heavy atom. The van der Waals surface area contributed by atoms with E-state index in [4.69, 9.17) is 14.6 Å². The molecule has 0 bridgehead atoms. The van der Waals surface area contributed by atoms with Crippen LogP contribution in [-0.4, -0.2) is 38.2 Å². The molecule has 0 saturated carbocycles. The molecule has 6 rings (SSSR count). The molecule has 0 saturated heterocycles. The minimum Gasteiger partial charge on any atom is -0.461 e. The van der Waals surface area contributed by atoms with Crippen molar-refractivity contribution in [3.05, 3.63) is 113 Å². The number of aromatic amines is 1. The van der Waals surface area contributed by atoms with Gasteiger partial charge in [0.05, 0.1) is 29.7 Å². The van der Waals surface area contributed by atoms with Gasteiger partial charge in [-0.1, -0.05) is 30.3 Å². The Hall–Kier alpha value is -4.60. The second-order valence-electron chi connectivity index (χ2n) is 8.39. The van der Waals surface area contributed by atoms with Gasteiger partial charge < -0.3 is 14.5 Å². The summed E-state index contributed by atoms with van der Waals surface area (Å²) in [4.78, 5) is 7.66. The Bertz CT molecular complexity index is 1500. The summed E-state index contributed by atoms with van der Waals surface area (Å²) in [5.41, 5.74) is 2.53. The fraction of sp³-hybridized carbons (Fsp3) is 0.154. The zero-order valence-corrected chi connectivity index (χ0v) is 19.2. The minimum atomic E-state index is -1.13. The van der Waals surface area contributed by atoms with E-state index in [1.807, 2.05) is 37.3 Å². The van der Waals surface area contributed by atoms with Crippen LogP contribution in [-0.2, 0) is 21.6 Å². The number of ether oxygens (including phenoxy) is 2. The van der Waals surface area contributed by atoms with Gasteiger partial charge in [-0.25, -0.2) is 13.8 Å². The van der Waals surface area contributed by atoms with Crippen molar-refractivity contribution in [1.29, 1.82) is 0 Å². The summed E-state index contributed by atoms with van der Waals surface area (Å²) in [6.45, 7) is 2.26. The summed E-state index contributed by atoms with van der Waals surface area (Å²) < 4.78 is 39.8. The van der Waals surface area contributed by atoms with Crippen molar-refractivity contribution < 1.29 is 18.3 Å². The molecular formula is C26H20F2N6O2. The number of nitrogens with zero attached hydrogens (tertiary/aromatic N) is 5. The maximum absolute atomic E-state index is 14.5. The number of hydrazone groups is 1. The van der Waals surface area contributed by atoms with Gasteiger partial charge in [0, 0.05) is 6.20 Å². The number of aryl methyl sites for hydroxylation is 1. The van der Waals surface area contributed by atoms with E-state index >= 15 is 0 Å². The smallest absolute Gasteiger partial charge is 0.230 e. The Morgan fingerprint density at radius 3 is 2.72 bits per heavy atom. The minimum absolute atomic E-state index is 0.0404. The molecule has 180 valence electrons. The highest BCUT2D eigenvalue weighted by Crippen LogP contribution is 2.46. The Labute approximate surface area is 204 Å². The number of hydrogen-bond donors (Lipinski definition) is 1. The number of rotatable bonds is 5. The van der Waals surface area contributed by atoms with Gasteiger partial charge in [-0.2, -0.15) is 15.3 Å². The quantitative estimate of drug-likeness (QED) is 0.450. The Balaban J connectivity index is 1.52. The number of benzene rings is 2. The third kappa shape index (κ3) is 3.33. The molecule has 1 unspecified atom stereocenters. The molecule has 0 spiro atoms. The third-order valence-corrected chi connectivity index (χ3v) is 6.34. The Morgan fingerprint density at radius 1 is 1.06 bits per heavy atom. The van der Waals surface area contributed by atoms with E-state index in [2.05, 4.69) is 20.2 Å². The molecular weight excluding hydrogens is 466 g/mol. The number of imidazole rings is 1. The summed E-state index contributed by atoms with van der Waals surface area (Å²) in [5, 5.41) is 15.1. The van der Waals surface area contributed by atoms with Crippen molar-refractivity contribution in [3.8, 4) is 11.4 Å². The summed E-state index contributed by atoms with van der Waals surface area (Å²) in [6, 6.07) is 15.5. The second kappa shape index (κ2) is 8.56. The largest absolute Gasteiger partial charge is 0.461 e. The van der Waals surface area contributed by atoms with Crippen LogP contribution in [0.4, 0.5) is 8.78 Å². The highest BCUT2D eigenvalue weighted by atomic mass is 19.2. The van der Waals surface area contributed by atoms with Crippen molar-refractivity contribution in [2.75, 3.05) is 6.79 Å². The van der Waals surface area contributed by atoms with Crippen molar-refractivity contribution in [1.82, 2.24) is 25.2 Å². The molecule has 0 amide bonds. The molecule has 36 heavy (non-hydrogen) atoms. The molecule has 1 atom stereocenters. The monoisotopic (exact) mass is 486 g/mol. The maximum Gasteiger partial charge on any atom is 0.230 e. The molecule has 0 fully saturated rings. The Kier molecular flexibility index (Phi) is 5.21. The maximum atomic E-state index is 14.5. The van der Waals surface area contributed by atoms with E-state index in [9.17, 15) is 8.78 Å². The van der Waals surface area contributed by atoms with Gasteiger partial charge in [0.1, 0.15) is 17.8 Å². The van der Waals surface area contributed by atoms with Crippen molar-refractivity contribution in [2.45, 2.75) is 19.0 Å². The van der Waals surface area contributed by atoms with Crippen LogP contribution in [0.15, 0.2) is 77.9 Å². The first-order valence-electron chi connectivity index (χ1n) is 11.2. The molecule has 10 heteroatoms. The van der Waals surface area contributed by atoms with E-state index in [0.717, 1.165) is 17.2 Å². The van der Waals surface area contributed by atoms with Gasteiger partial charge in [0.15, 0.2) is 22.9 Å². The molecule has 8 nitrogen and oxygen atoms in total. The van der Waals surface area contributed by atoms with Crippen LogP contribution >= 0.6 is 0 Å². The van der Waals surface area contributed by atoms with Crippen LogP contribution in [0.1, 0.15) is 28.2 Å². The highest BCUT2D eigenvalue weighted by Gasteiger charge is 2.50. The standard InChI is InChI=1S/C26H20F2N6O2/c1-16-6-2-3-8-18(16)26(23-14-35-15-36-23,22-10-5-11-29-33-22)34-13-21-20(12-30-34)31-25(32-21)17-7-4-9-19(27)24(17)28/h2-12,14H,13,15H2,1H3,(H,31,32). The number of H-pyrrole nitrogens is 1. The predicted octanol–water partition coefficient (Wildman–Crippen LogP) is 4.39. The molecule has 0 radical (unpaired) electrons. The molecule has 2 aliphatic heterocycles. The van der Waals surface area contributed by atoms with Crippen molar-refractivity contribution in [3.63, 3.8) is 0 Å². The average molecular weight is 486 g/mol. The lowest BCUT2D eigenvalue weighted by Gasteiger charge is -2.42. The van der Waals surface area contributed by atoms with E-state index in [1.54, 1.807) is 29.7 Å². The van der Waals surface area contributed by atoms with Gasteiger partial charge in [0.2, 0.25) is 6.79 Å². The molecule has 2 aromatic carbocycles. The molecule has 2 aliphatic rings. The first kappa shape index (κ1) is 21.9. The molecule has 1 N–H and O–H groups in total. The van der Waals surface area contributed by atoms with Crippen LogP contribution in [0.5, 0.6) is 0 Å². The van der Waals surface area contributed by atoms with Crippen LogP contribution in [0.25, 0.3) is 11.4 Å². The summed E-state index contributed by atoms with van der Waals surface area (Å²) in [7, 11) is 0. The summed E-state index contributed by atoms with van der Waals surface area (Å²) in [6.07, 6.45) is 4.76. The fourth-order valence-electron chi connectivity index (χ4n) is 4.68. The van der Waals surface area contributed by atoms with E-state index in [0.29, 0.717) is 22.8 Å². The molecule has 0 aliphatic carbocycles. The lowest BCUT2D eigenvalue weighted by molar-refractivity contribution is 0.0323. The molecule has 4 heterocycles. The summed E-state index contributed by atoms with van der Waals surface area (Å²) >= 11 is 0. The third-order valence-electron chi connectivity index (χ3n) is 6.34. The first-order chi connectivity index (χ1) is 17.6. The van der Waals surface area contributed by atoms with Crippen LogP contribution < -0.4 is 0 Å². The second-order valence-corrected chi connectivity index (χ2v) is 8.39. The SMILES string of the molecule is Cc1ccccc1C(C1=COCO1)(c1cccnn1)N1Cc2nc(-c3cccc(F)c3F)[nH]c2C=N1. The average Bonchev–Trinajstić information content (AvgIpc) is 3.58. The lowest BCUT2D eigenvalue weighted by atomic mass is 9.81. The summed E-state index contributed by atoms with van der Waals surface area (Å²) in [5.74, 6) is -1.20. The highest BCUT2D eigenvalue weighted by molar-refractivity contribution is 5.81. The predicted molar refractivity (Wildman–Crippen MR) is 126 cm³/mol. The van der Waals surface area contributed by atoms with E-state index in [-0.39, 0.29) is 24.7 Å². The fourth-order valence-corrected chi connectivity index (χ4v) is 4.68. The van der Waals surface area contributed by atoms with Gasteiger partial charge in [-0.3, -0.25) is 5.01 Å². The number of nitrogens with one attached hydrogen (secondary N) is 1. The normalized spacial score (nSPS) is 16.1. The first-order valence-corrected chi connectivity index (χ1v) is 11.2. The van der Waals surface area contributed by atoms with Crippen LogP contribution in [0.2, 0.25) is 0 Å². The number of hydrogen-bond acceptors (Lipinski definition) is 7. The van der Waals surface area contributed by atoms with E-state index in [1.165, 1.54) is 12.1 Å². The van der Waals surface area contributed by atoms with E-state index < -0.39 is 17.2 Å². The topological polar surface area (TPSA) is 88.5 Å². The van der Waals surface area contributed by atoms with Crippen LogP contribution in [0.3, 0.4) is 0 Å². The zero-order chi connectivity index (χ0) is 24.7. The van der Waals surface area contributed by atoms with Crippen LogP contribution in [0, 0.1) is 18.6 Å². The van der Waals surface area contributed by atoms with Crippen molar-refractivity contribution in [2.24, 2.45) is 5.10 Å². The number of aromatic nitrogens is 4. The number of fused-ring (bicyclic) bond motifs is 1. The zero-order valence-electron chi connectivity index (χ0n) is 19.2. The van der Waals surface area contributed by atoms with Crippen molar-refractivity contribution >= 4 is 6.21 Å². The van der Waals surface area contributed by atoms with Gasteiger partial charge in [-0.05, 0) is 42.3 Å². The number of halogens is 2. The van der Waals surface area contributed by atoms with Gasteiger partial charge in [0.25, 0.3) is 0 Å². The molecule has 2 aromatic heterocycles.